The molecule has 1 aromatic carbocycles. The normalized spacial score (nSPS) is 11.7. The molecule has 3 aromatic heterocycles. The first-order valence-corrected chi connectivity index (χ1v) is 10.7. The second-order valence-corrected chi connectivity index (χ2v) is 8.61. The number of alkyl halides is 3. The SMILES string of the molecule is Cc1c(Cl)c(C(=O)Nc2c(C(N)=O)sc3nc(C(F)(F)F)cc(-c4ccc(F)cc4)c23)nn1C. The number of fused-ring (bicyclic) bond motifs is 1. The number of rotatable bonds is 4. The minimum atomic E-state index is -4.80. The quantitative estimate of drug-likeness (QED) is 0.369. The lowest BCUT2D eigenvalue weighted by Gasteiger charge is -2.12. The summed E-state index contributed by atoms with van der Waals surface area (Å²) in [7, 11) is 1.57. The van der Waals surface area contributed by atoms with Crippen molar-refractivity contribution in [2.24, 2.45) is 12.8 Å². The highest BCUT2D eigenvalue weighted by Crippen LogP contribution is 2.44. The molecule has 0 radical (unpaired) electrons. The van der Waals surface area contributed by atoms with Crippen LogP contribution in [0.4, 0.5) is 23.2 Å². The fourth-order valence-electron chi connectivity index (χ4n) is 3.29. The van der Waals surface area contributed by atoms with E-state index in [0.717, 1.165) is 18.2 Å². The van der Waals surface area contributed by atoms with Crippen LogP contribution in [0.3, 0.4) is 0 Å². The van der Waals surface area contributed by atoms with E-state index >= 15 is 0 Å². The molecular weight excluding hydrogens is 498 g/mol. The molecule has 176 valence electrons. The van der Waals surface area contributed by atoms with Crippen LogP contribution < -0.4 is 11.1 Å². The number of nitrogens with one attached hydrogen (secondary N) is 1. The third-order valence-electron chi connectivity index (χ3n) is 5.05. The molecular formula is C21H14ClF4N5O2S. The summed E-state index contributed by atoms with van der Waals surface area (Å²) >= 11 is 6.77. The summed E-state index contributed by atoms with van der Waals surface area (Å²) in [5.41, 5.74) is 4.62. The average molecular weight is 512 g/mol. The summed E-state index contributed by atoms with van der Waals surface area (Å²) in [6.45, 7) is 1.64. The van der Waals surface area contributed by atoms with Gasteiger partial charge in [0.1, 0.15) is 21.2 Å². The number of carbonyl (C=O) groups excluding carboxylic acids is 2. The molecule has 2 amide bonds. The van der Waals surface area contributed by atoms with Crippen molar-refractivity contribution in [3.8, 4) is 11.1 Å². The average Bonchev–Trinajstić information content (AvgIpc) is 3.26. The number of thiophene rings is 1. The first-order valence-electron chi connectivity index (χ1n) is 9.49. The summed E-state index contributed by atoms with van der Waals surface area (Å²) < 4.78 is 55.5. The Morgan fingerprint density at radius 2 is 1.85 bits per heavy atom. The first kappa shape index (κ1) is 23.6. The Labute approximate surface area is 198 Å². The van der Waals surface area contributed by atoms with Gasteiger partial charge in [0.25, 0.3) is 11.8 Å². The third kappa shape index (κ3) is 4.10. The van der Waals surface area contributed by atoms with Gasteiger partial charge in [0.2, 0.25) is 0 Å². The lowest BCUT2D eigenvalue weighted by molar-refractivity contribution is -0.140. The Balaban J connectivity index is 1.99. The van der Waals surface area contributed by atoms with Gasteiger partial charge in [-0.2, -0.15) is 18.3 Å². The number of hydrogen-bond donors (Lipinski definition) is 2. The van der Waals surface area contributed by atoms with Crippen molar-refractivity contribution in [1.82, 2.24) is 14.8 Å². The smallest absolute Gasteiger partial charge is 0.365 e. The largest absolute Gasteiger partial charge is 0.433 e. The lowest BCUT2D eigenvalue weighted by Crippen LogP contribution is -2.17. The number of nitrogens with two attached hydrogens (primary N) is 1. The highest BCUT2D eigenvalue weighted by Gasteiger charge is 2.35. The molecule has 13 heteroatoms. The van der Waals surface area contributed by atoms with Gasteiger partial charge in [0.15, 0.2) is 5.69 Å². The van der Waals surface area contributed by atoms with Crippen LogP contribution in [0, 0.1) is 12.7 Å². The van der Waals surface area contributed by atoms with Gasteiger partial charge in [-0.3, -0.25) is 14.3 Å². The number of hydrogen-bond acceptors (Lipinski definition) is 5. The van der Waals surface area contributed by atoms with Crippen molar-refractivity contribution in [3.63, 3.8) is 0 Å². The summed E-state index contributed by atoms with van der Waals surface area (Å²) in [6.07, 6.45) is -4.80. The molecule has 4 rings (SSSR count). The Kier molecular flexibility index (Phi) is 5.82. The number of primary amides is 1. The van der Waals surface area contributed by atoms with Crippen LogP contribution in [-0.2, 0) is 13.2 Å². The fraction of sp³-hybridized carbons (Fsp3) is 0.143. The van der Waals surface area contributed by atoms with Crippen LogP contribution >= 0.6 is 22.9 Å². The van der Waals surface area contributed by atoms with E-state index in [1.807, 2.05) is 0 Å². The molecule has 7 nitrogen and oxygen atoms in total. The van der Waals surface area contributed by atoms with Crippen LogP contribution in [0.15, 0.2) is 30.3 Å². The highest BCUT2D eigenvalue weighted by molar-refractivity contribution is 7.21. The molecule has 0 aliphatic rings. The van der Waals surface area contributed by atoms with E-state index in [9.17, 15) is 27.2 Å². The number of pyridine rings is 1. The molecule has 3 N–H and O–H groups in total. The summed E-state index contributed by atoms with van der Waals surface area (Å²) in [5, 5.41) is 6.65. The van der Waals surface area contributed by atoms with Crippen molar-refractivity contribution in [1.29, 1.82) is 0 Å². The van der Waals surface area contributed by atoms with E-state index in [1.54, 1.807) is 14.0 Å². The number of nitrogens with zero attached hydrogens (tertiary/aromatic N) is 3. The Morgan fingerprint density at radius 3 is 2.38 bits per heavy atom. The van der Waals surface area contributed by atoms with Gasteiger partial charge in [0.05, 0.1) is 16.4 Å². The molecule has 3 heterocycles. The molecule has 0 aliphatic heterocycles. The number of anilines is 1. The van der Waals surface area contributed by atoms with Crippen LogP contribution in [0.25, 0.3) is 21.3 Å². The molecule has 0 fully saturated rings. The summed E-state index contributed by atoms with van der Waals surface area (Å²) in [6, 6.07) is 5.46. The van der Waals surface area contributed by atoms with Gasteiger partial charge in [0, 0.05) is 12.4 Å². The van der Waals surface area contributed by atoms with E-state index in [0.29, 0.717) is 17.0 Å². The van der Waals surface area contributed by atoms with E-state index in [-0.39, 0.29) is 42.6 Å². The van der Waals surface area contributed by atoms with Gasteiger partial charge in [-0.15, -0.1) is 11.3 Å². The third-order valence-corrected chi connectivity index (χ3v) is 6.60. The number of amides is 2. The van der Waals surface area contributed by atoms with Crippen molar-refractivity contribution in [2.45, 2.75) is 13.1 Å². The van der Waals surface area contributed by atoms with Gasteiger partial charge in [-0.1, -0.05) is 23.7 Å². The Morgan fingerprint density at radius 1 is 1.21 bits per heavy atom. The minimum absolute atomic E-state index is 0.0281. The molecule has 0 bridgehead atoms. The molecule has 34 heavy (non-hydrogen) atoms. The molecule has 0 saturated heterocycles. The van der Waals surface area contributed by atoms with Crippen molar-refractivity contribution in [2.75, 3.05) is 5.32 Å². The van der Waals surface area contributed by atoms with Crippen LogP contribution in [-0.4, -0.2) is 26.6 Å². The molecule has 0 atom stereocenters. The summed E-state index contributed by atoms with van der Waals surface area (Å²) in [4.78, 5) is 28.3. The van der Waals surface area contributed by atoms with Crippen LogP contribution in [0.2, 0.25) is 5.02 Å². The molecule has 0 spiro atoms. The van der Waals surface area contributed by atoms with Crippen molar-refractivity contribution >= 4 is 50.7 Å². The first-order chi connectivity index (χ1) is 15.9. The van der Waals surface area contributed by atoms with Gasteiger partial charge in [-0.25, -0.2) is 9.37 Å². The molecule has 0 unspecified atom stereocenters. The van der Waals surface area contributed by atoms with E-state index < -0.39 is 29.5 Å². The van der Waals surface area contributed by atoms with Gasteiger partial charge in [-0.05, 0) is 36.2 Å². The number of aryl methyl sites for hydroxylation is 1. The van der Waals surface area contributed by atoms with Gasteiger partial charge >= 0.3 is 6.18 Å². The zero-order valence-corrected chi connectivity index (χ0v) is 19.0. The number of halogens is 5. The van der Waals surface area contributed by atoms with E-state index in [1.165, 1.54) is 16.8 Å². The van der Waals surface area contributed by atoms with Crippen molar-refractivity contribution in [3.05, 3.63) is 63.1 Å². The zero-order chi connectivity index (χ0) is 24.9. The van der Waals surface area contributed by atoms with E-state index in [2.05, 4.69) is 15.4 Å². The molecule has 0 aliphatic carbocycles. The minimum Gasteiger partial charge on any atom is -0.365 e. The topological polar surface area (TPSA) is 103 Å². The molecule has 0 saturated carbocycles. The maximum atomic E-state index is 13.6. The van der Waals surface area contributed by atoms with Crippen LogP contribution in [0.1, 0.15) is 31.5 Å². The number of benzene rings is 1. The predicted octanol–water partition coefficient (Wildman–Crippen LogP) is 5.17. The fourth-order valence-corrected chi connectivity index (χ4v) is 4.55. The Hall–Kier alpha value is -3.51. The highest BCUT2D eigenvalue weighted by atomic mass is 35.5. The number of aromatic nitrogens is 3. The predicted molar refractivity (Wildman–Crippen MR) is 119 cm³/mol. The lowest BCUT2D eigenvalue weighted by atomic mass is 10.0. The monoisotopic (exact) mass is 511 g/mol. The van der Waals surface area contributed by atoms with E-state index in [4.69, 9.17) is 17.3 Å². The maximum absolute atomic E-state index is 13.6. The standard InChI is InChI=1S/C21H14ClF4N5O2S/c1-8-14(22)16(30-31(8)2)19(33)29-15-13-11(9-3-5-10(23)6-4-9)7-12(21(24,25)26)28-20(13)34-17(15)18(27)32/h3-7H,1-2H3,(H2,27,32)(H,29,33). The zero-order valence-electron chi connectivity index (χ0n) is 17.4. The second kappa shape index (κ2) is 8.37. The molecule has 4 aromatic rings. The Bertz CT molecular complexity index is 1460. The number of carbonyl (C=O) groups is 2. The van der Waals surface area contributed by atoms with Crippen LogP contribution in [0.5, 0.6) is 0 Å². The summed E-state index contributed by atoms with van der Waals surface area (Å²) in [5.74, 6) is -2.39. The van der Waals surface area contributed by atoms with Gasteiger partial charge < -0.3 is 11.1 Å². The maximum Gasteiger partial charge on any atom is 0.433 e. The second-order valence-electron chi connectivity index (χ2n) is 7.24. The van der Waals surface area contributed by atoms with Crippen molar-refractivity contribution < 1.29 is 27.2 Å².